The Labute approximate surface area is 249 Å². The average molecular weight is 518 g/mol. The first-order chi connectivity index (χ1) is 15.1. The van der Waals surface area contributed by atoms with Gasteiger partial charge < -0.3 is 14.8 Å². The van der Waals surface area contributed by atoms with Crippen LogP contribution in [-0.4, -0.2) is 79.8 Å². The zero-order chi connectivity index (χ0) is 24.8. The van der Waals surface area contributed by atoms with E-state index >= 15 is 0 Å². The standard InChI is InChI=1S/C24H29N2O6P.2Na/c1-23(2,3)16-11-17(24(4,5)6)20(32-33(29,30)31)12-19(16)26-22(28)15-13-25-18-10-8-7-9-14(18)21(15)27;;/h7-13H,1-6H3,(H,25,27)(H,26,28)(H2,29,30,31);;. The van der Waals surface area contributed by atoms with Gasteiger partial charge in [-0.3, -0.25) is 19.4 Å². The van der Waals surface area contributed by atoms with Crippen LogP contribution in [0.2, 0.25) is 0 Å². The molecule has 1 aromatic heterocycles. The number of amides is 1. The summed E-state index contributed by atoms with van der Waals surface area (Å²) in [6.07, 6.45) is 1.35. The first-order valence-corrected chi connectivity index (χ1v) is 12.0. The molecule has 3 rings (SSSR count). The molecule has 11 heteroatoms. The van der Waals surface area contributed by atoms with Crippen LogP contribution in [0.1, 0.15) is 63.0 Å². The molecule has 0 fully saturated rings. The van der Waals surface area contributed by atoms with Crippen LogP contribution in [0.25, 0.3) is 10.9 Å². The predicted octanol–water partition coefficient (Wildman–Crippen LogP) is 4.09. The molecule has 178 valence electrons. The molecule has 8 nitrogen and oxygen atoms in total. The van der Waals surface area contributed by atoms with Crippen molar-refractivity contribution in [1.82, 2.24) is 4.98 Å². The van der Waals surface area contributed by atoms with Gasteiger partial charge in [0.2, 0.25) is 5.43 Å². The Balaban J connectivity index is 0.00000306. The number of pyridine rings is 1. The van der Waals surface area contributed by atoms with Crippen molar-refractivity contribution in [2.24, 2.45) is 0 Å². The molecule has 0 aliphatic heterocycles. The van der Waals surface area contributed by atoms with Crippen molar-refractivity contribution in [1.29, 1.82) is 0 Å². The third kappa shape index (κ3) is 7.78. The van der Waals surface area contributed by atoms with E-state index in [1.54, 1.807) is 30.3 Å². The Morgan fingerprint density at radius 1 is 0.971 bits per heavy atom. The summed E-state index contributed by atoms with van der Waals surface area (Å²) < 4.78 is 16.6. The van der Waals surface area contributed by atoms with Gasteiger partial charge in [-0.25, -0.2) is 4.57 Å². The molecule has 2 aromatic carbocycles. The normalized spacial score (nSPS) is 11.9. The fourth-order valence-corrected chi connectivity index (χ4v) is 4.03. The van der Waals surface area contributed by atoms with Gasteiger partial charge in [-0.15, -0.1) is 0 Å². The van der Waals surface area contributed by atoms with Gasteiger partial charge in [-0.05, 0) is 34.6 Å². The number of hydrogen-bond donors (Lipinski definition) is 4. The van der Waals surface area contributed by atoms with Crippen molar-refractivity contribution in [3.8, 4) is 5.75 Å². The van der Waals surface area contributed by atoms with E-state index in [0.29, 0.717) is 22.2 Å². The predicted molar refractivity (Wildman–Crippen MR) is 141 cm³/mol. The largest absolute Gasteiger partial charge is 0.524 e. The molecule has 0 unspecified atom stereocenters. The third-order valence-electron chi connectivity index (χ3n) is 5.23. The van der Waals surface area contributed by atoms with Crippen LogP contribution in [0.5, 0.6) is 5.75 Å². The molecular formula is C24H29N2Na2O6P. The van der Waals surface area contributed by atoms with Gasteiger partial charge >= 0.3 is 7.82 Å². The number of nitrogens with one attached hydrogen (secondary N) is 2. The first kappa shape index (κ1) is 32.1. The van der Waals surface area contributed by atoms with Gasteiger partial charge in [0, 0.05) is 93.5 Å². The molecule has 0 aliphatic rings. The summed E-state index contributed by atoms with van der Waals surface area (Å²) >= 11 is 0. The van der Waals surface area contributed by atoms with Gasteiger partial charge in [0.05, 0.1) is 0 Å². The van der Waals surface area contributed by atoms with E-state index in [9.17, 15) is 23.9 Å². The Kier molecular flexibility index (Phi) is 10.7. The number of carbonyl (C=O) groups excluding carboxylic acids is 1. The number of aromatic amines is 1. The molecule has 3 aromatic rings. The summed E-state index contributed by atoms with van der Waals surface area (Å²) in [5.74, 6) is -0.676. The molecule has 0 saturated heterocycles. The number of phosphoric acid groups is 1. The first-order valence-electron chi connectivity index (χ1n) is 10.4. The van der Waals surface area contributed by atoms with E-state index in [0.717, 1.165) is 5.56 Å². The molecule has 0 aliphatic carbocycles. The molecule has 0 bridgehead atoms. The van der Waals surface area contributed by atoms with Crippen molar-refractivity contribution in [3.05, 3.63) is 69.5 Å². The van der Waals surface area contributed by atoms with E-state index < -0.39 is 30.0 Å². The zero-order valence-corrected chi connectivity index (χ0v) is 26.4. The van der Waals surface area contributed by atoms with Crippen LogP contribution in [0, 0.1) is 0 Å². The fraction of sp³-hybridized carbons (Fsp3) is 0.333. The monoisotopic (exact) mass is 518 g/mol. The molecule has 4 N–H and O–H groups in total. The summed E-state index contributed by atoms with van der Waals surface area (Å²) in [6.45, 7) is 11.6. The summed E-state index contributed by atoms with van der Waals surface area (Å²) in [5.41, 5.74) is 0.802. The van der Waals surface area contributed by atoms with E-state index in [1.807, 2.05) is 41.5 Å². The van der Waals surface area contributed by atoms with E-state index in [1.165, 1.54) is 12.3 Å². The number of para-hydroxylation sites is 1. The number of benzene rings is 2. The number of aromatic nitrogens is 1. The summed E-state index contributed by atoms with van der Waals surface area (Å²) in [6, 6.07) is 10.1. The minimum absolute atomic E-state index is 0. The van der Waals surface area contributed by atoms with Crippen LogP contribution in [0.15, 0.2) is 47.4 Å². The molecule has 35 heavy (non-hydrogen) atoms. The Morgan fingerprint density at radius 3 is 2.09 bits per heavy atom. The maximum Gasteiger partial charge on any atom is 0.524 e. The topological polar surface area (TPSA) is 129 Å². The van der Waals surface area contributed by atoms with Crippen molar-refractivity contribution >= 4 is 89.4 Å². The number of phosphoric ester groups is 1. The Morgan fingerprint density at radius 2 is 1.54 bits per heavy atom. The van der Waals surface area contributed by atoms with Gasteiger partial charge in [0.1, 0.15) is 11.3 Å². The molecule has 2 radical (unpaired) electrons. The smallest absolute Gasteiger partial charge is 0.404 e. The minimum Gasteiger partial charge on any atom is -0.404 e. The van der Waals surface area contributed by atoms with Gasteiger partial charge in [-0.1, -0.05) is 53.7 Å². The zero-order valence-electron chi connectivity index (χ0n) is 21.5. The maximum atomic E-state index is 13.1. The molecule has 0 saturated carbocycles. The van der Waals surface area contributed by atoms with Crippen LogP contribution in [0.3, 0.4) is 0 Å². The van der Waals surface area contributed by atoms with E-state index in [2.05, 4.69) is 10.3 Å². The third-order valence-corrected chi connectivity index (χ3v) is 5.67. The minimum atomic E-state index is -4.85. The van der Waals surface area contributed by atoms with Crippen LogP contribution in [-0.2, 0) is 15.4 Å². The van der Waals surface area contributed by atoms with Crippen molar-refractivity contribution in [2.75, 3.05) is 5.32 Å². The second-order valence-electron chi connectivity index (χ2n) is 10.0. The Bertz CT molecular complexity index is 1340. The summed E-state index contributed by atoms with van der Waals surface area (Å²) in [7, 11) is -4.85. The van der Waals surface area contributed by atoms with Crippen LogP contribution >= 0.6 is 7.82 Å². The van der Waals surface area contributed by atoms with Crippen LogP contribution in [0.4, 0.5) is 5.69 Å². The van der Waals surface area contributed by atoms with Gasteiger partial charge in [0.15, 0.2) is 0 Å². The fourth-order valence-electron chi connectivity index (χ4n) is 3.62. The number of rotatable bonds is 4. The molecule has 1 amide bonds. The van der Waals surface area contributed by atoms with E-state index in [4.69, 9.17) is 4.52 Å². The molecule has 0 spiro atoms. The number of hydrogen-bond acceptors (Lipinski definition) is 4. The SMILES string of the molecule is CC(C)(C)c1cc(C(C)(C)C)c(OP(=O)(O)O)cc1NC(=O)c1c[nH]c2ccccc2c1=O.[Na].[Na]. The quantitative estimate of drug-likeness (QED) is 0.304. The average Bonchev–Trinajstić information content (AvgIpc) is 2.65. The molecule has 1 heterocycles. The second kappa shape index (κ2) is 11.6. The Hall–Kier alpha value is -0.930. The second-order valence-corrected chi connectivity index (χ2v) is 11.2. The van der Waals surface area contributed by atoms with Crippen LogP contribution < -0.4 is 15.3 Å². The van der Waals surface area contributed by atoms with Gasteiger partial charge in [0.25, 0.3) is 5.91 Å². The molecule has 0 atom stereocenters. The summed E-state index contributed by atoms with van der Waals surface area (Å²) in [5, 5.41) is 3.14. The van der Waals surface area contributed by atoms with Gasteiger partial charge in [-0.2, -0.15) is 0 Å². The van der Waals surface area contributed by atoms with E-state index in [-0.39, 0.29) is 70.4 Å². The van der Waals surface area contributed by atoms with Crippen molar-refractivity contribution in [2.45, 2.75) is 52.4 Å². The maximum absolute atomic E-state index is 13.1. The van der Waals surface area contributed by atoms with Crippen molar-refractivity contribution < 1.29 is 23.7 Å². The number of carbonyl (C=O) groups is 1. The number of H-pyrrole nitrogens is 1. The molecular weight excluding hydrogens is 489 g/mol. The number of fused-ring (bicyclic) bond motifs is 1. The van der Waals surface area contributed by atoms with Crippen molar-refractivity contribution in [3.63, 3.8) is 0 Å². The summed E-state index contributed by atoms with van der Waals surface area (Å²) in [4.78, 5) is 47.8. The number of anilines is 1.